The van der Waals surface area contributed by atoms with Gasteiger partial charge in [0.15, 0.2) is 0 Å². The van der Waals surface area contributed by atoms with Gasteiger partial charge in [-0.3, -0.25) is 4.79 Å². The van der Waals surface area contributed by atoms with Crippen LogP contribution in [0.1, 0.15) is 74.3 Å². The summed E-state index contributed by atoms with van der Waals surface area (Å²) in [6.07, 6.45) is -2.70. The van der Waals surface area contributed by atoms with Crippen molar-refractivity contribution in [1.82, 2.24) is 0 Å². The molecule has 0 aliphatic heterocycles. The second-order valence-corrected chi connectivity index (χ2v) is 9.32. The van der Waals surface area contributed by atoms with Crippen LogP contribution in [0.15, 0.2) is 42.5 Å². The highest BCUT2D eigenvalue weighted by Gasteiger charge is 2.38. The highest BCUT2D eigenvalue weighted by atomic mass is 19.4. The molecule has 0 fully saturated rings. The van der Waals surface area contributed by atoms with E-state index >= 15 is 0 Å². The van der Waals surface area contributed by atoms with Crippen LogP contribution < -0.4 is 0 Å². The Morgan fingerprint density at radius 2 is 1.59 bits per heavy atom. The van der Waals surface area contributed by atoms with Crippen molar-refractivity contribution >= 4 is 5.97 Å². The Bertz CT molecular complexity index is 926. The van der Waals surface area contributed by atoms with Crippen LogP contribution in [0, 0.1) is 0 Å². The van der Waals surface area contributed by atoms with E-state index in [4.69, 9.17) is 0 Å². The topological polar surface area (TPSA) is 37.3 Å². The molecule has 1 unspecified atom stereocenters. The van der Waals surface area contributed by atoms with E-state index in [1.807, 2.05) is 12.1 Å². The molecule has 1 aliphatic carbocycles. The van der Waals surface area contributed by atoms with Crippen molar-refractivity contribution in [3.05, 3.63) is 70.3 Å². The summed E-state index contributed by atoms with van der Waals surface area (Å²) in [5, 5.41) is 9.84. The van der Waals surface area contributed by atoms with Crippen molar-refractivity contribution in [2.45, 2.75) is 69.9 Å². The number of fused-ring (bicyclic) bond motifs is 1. The van der Waals surface area contributed by atoms with Crippen molar-refractivity contribution in [2.24, 2.45) is 0 Å². The van der Waals surface area contributed by atoms with Crippen LogP contribution in [0.5, 0.6) is 0 Å². The number of carbonyl (C=O) groups is 1. The zero-order valence-electron chi connectivity index (χ0n) is 17.2. The monoisotopic (exact) mass is 404 g/mol. The molecule has 0 radical (unpaired) electrons. The van der Waals surface area contributed by atoms with Gasteiger partial charge in [0.25, 0.3) is 0 Å². The van der Waals surface area contributed by atoms with Gasteiger partial charge in [0.05, 0.1) is 11.5 Å². The summed E-state index contributed by atoms with van der Waals surface area (Å²) < 4.78 is 40.1. The molecule has 5 heteroatoms. The minimum atomic E-state index is -4.51. The van der Waals surface area contributed by atoms with Crippen molar-refractivity contribution in [1.29, 1.82) is 0 Å². The highest BCUT2D eigenvalue weighted by Crippen LogP contribution is 2.46. The third-order valence-corrected chi connectivity index (χ3v) is 6.32. The Hall–Kier alpha value is -2.30. The zero-order valence-corrected chi connectivity index (χ0v) is 17.2. The Morgan fingerprint density at radius 1 is 1.00 bits per heavy atom. The standard InChI is InChI=1S/C24H27F3O2/c1-22(2)11-12-23(3,4)20-14-15(9-10-19(20)22)17(21(28)29)13-16-7-5-6-8-18(16)24(25,26)27/h5-10,14,17H,11-13H2,1-4H3,(H,28,29). The molecule has 156 valence electrons. The molecular weight excluding hydrogens is 377 g/mol. The Balaban J connectivity index is 2.06. The van der Waals surface area contributed by atoms with Crippen molar-refractivity contribution in [2.75, 3.05) is 0 Å². The molecule has 2 aromatic rings. The van der Waals surface area contributed by atoms with Crippen molar-refractivity contribution in [3.8, 4) is 0 Å². The number of carboxylic acid groups (broad SMARTS) is 1. The minimum absolute atomic E-state index is 0.00436. The van der Waals surface area contributed by atoms with Gasteiger partial charge in [-0.05, 0) is 58.4 Å². The number of hydrogen-bond donors (Lipinski definition) is 1. The average Bonchev–Trinajstić information content (AvgIpc) is 2.62. The number of benzene rings is 2. The minimum Gasteiger partial charge on any atom is -0.481 e. The quantitative estimate of drug-likeness (QED) is 0.634. The molecule has 0 heterocycles. The summed E-state index contributed by atoms with van der Waals surface area (Å²) in [4.78, 5) is 12.0. The molecule has 0 amide bonds. The second-order valence-electron chi connectivity index (χ2n) is 9.32. The van der Waals surface area contributed by atoms with E-state index < -0.39 is 23.6 Å². The lowest BCUT2D eigenvalue weighted by Gasteiger charge is -2.42. The summed E-state index contributed by atoms with van der Waals surface area (Å²) in [7, 11) is 0. The smallest absolute Gasteiger partial charge is 0.416 e. The number of carboxylic acids is 1. The zero-order chi connectivity index (χ0) is 21.6. The van der Waals surface area contributed by atoms with Crippen LogP contribution in [0.25, 0.3) is 0 Å². The lowest BCUT2D eigenvalue weighted by Crippen LogP contribution is -2.34. The van der Waals surface area contributed by atoms with Crippen LogP contribution in [0.4, 0.5) is 13.2 Å². The summed E-state index contributed by atoms with van der Waals surface area (Å²) >= 11 is 0. The van der Waals surface area contributed by atoms with Crippen LogP contribution >= 0.6 is 0 Å². The fourth-order valence-corrected chi connectivity index (χ4v) is 4.37. The van der Waals surface area contributed by atoms with Gasteiger partial charge in [-0.1, -0.05) is 64.1 Å². The predicted octanol–water partition coefficient (Wildman–Crippen LogP) is 6.47. The molecule has 0 spiro atoms. The maximum atomic E-state index is 13.4. The molecule has 2 nitrogen and oxygen atoms in total. The number of rotatable bonds is 4. The van der Waals surface area contributed by atoms with Crippen LogP contribution in [0.3, 0.4) is 0 Å². The summed E-state index contributed by atoms with van der Waals surface area (Å²) in [6.45, 7) is 8.63. The first kappa shape index (κ1) is 21.4. The van der Waals surface area contributed by atoms with Gasteiger partial charge in [-0.15, -0.1) is 0 Å². The third-order valence-electron chi connectivity index (χ3n) is 6.32. The van der Waals surface area contributed by atoms with Gasteiger partial charge in [0.2, 0.25) is 0 Å². The molecule has 0 bridgehead atoms. The van der Waals surface area contributed by atoms with E-state index in [-0.39, 0.29) is 22.8 Å². The largest absolute Gasteiger partial charge is 0.481 e. The van der Waals surface area contributed by atoms with E-state index in [1.54, 1.807) is 6.07 Å². The summed E-state index contributed by atoms with van der Waals surface area (Å²) in [5.74, 6) is -2.15. The summed E-state index contributed by atoms with van der Waals surface area (Å²) in [6, 6.07) is 10.9. The van der Waals surface area contributed by atoms with E-state index in [0.717, 1.165) is 24.5 Å². The predicted molar refractivity (Wildman–Crippen MR) is 107 cm³/mol. The van der Waals surface area contributed by atoms with Crippen LogP contribution in [-0.2, 0) is 28.2 Å². The van der Waals surface area contributed by atoms with E-state index in [9.17, 15) is 23.1 Å². The first-order valence-electron chi connectivity index (χ1n) is 9.86. The first-order valence-corrected chi connectivity index (χ1v) is 9.86. The van der Waals surface area contributed by atoms with E-state index in [2.05, 4.69) is 27.7 Å². The van der Waals surface area contributed by atoms with Crippen LogP contribution in [0.2, 0.25) is 0 Å². The van der Waals surface area contributed by atoms with Gasteiger partial charge >= 0.3 is 12.1 Å². The third kappa shape index (κ3) is 4.19. The van der Waals surface area contributed by atoms with Gasteiger partial charge in [0, 0.05) is 0 Å². The van der Waals surface area contributed by atoms with Gasteiger partial charge in [-0.2, -0.15) is 13.2 Å². The first-order chi connectivity index (χ1) is 13.3. The number of alkyl halides is 3. The number of aliphatic carboxylic acids is 1. The maximum Gasteiger partial charge on any atom is 0.416 e. The molecule has 1 atom stereocenters. The molecule has 0 saturated carbocycles. The molecule has 0 saturated heterocycles. The SMILES string of the molecule is CC1(C)CCC(C)(C)c2cc(C(Cc3ccccc3C(F)(F)F)C(=O)O)ccc21. The molecular formula is C24H27F3O2. The van der Waals surface area contributed by atoms with Gasteiger partial charge in [-0.25, -0.2) is 0 Å². The maximum absolute atomic E-state index is 13.4. The average molecular weight is 404 g/mol. The lowest BCUT2D eigenvalue weighted by molar-refractivity contribution is -0.141. The second kappa shape index (κ2) is 7.19. The molecule has 29 heavy (non-hydrogen) atoms. The summed E-state index contributed by atoms with van der Waals surface area (Å²) in [5.41, 5.74) is 1.96. The normalized spacial score (nSPS) is 18.7. The van der Waals surface area contributed by atoms with Gasteiger partial charge < -0.3 is 5.11 Å². The molecule has 2 aromatic carbocycles. The van der Waals surface area contributed by atoms with E-state index in [0.29, 0.717) is 5.56 Å². The lowest BCUT2D eigenvalue weighted by atomic mass is 9.62. The molecule has 0 aromatic heterocycles. The fourth-order valence-electron chi connectivity index (χ4n) is 4.37. The van der Waals surface area contributed by atoms with Crippen molar-refractivity contribution in [3.63, 3.8) is 0 Å². The number of hydrogen-bond acceptors (Lipinski definition) is 1. The van der Waals surface area contributed by atoms with Gasteiger partial charge in [0.1, 0.15) is 0 Å². The fraction of sp³-hybridized carbons (Fsp3) is 0.458. The Kier molecular flexibility index (Phi) is 5.31. The van der Waals surface area contributed by atoms with Crippen LogP contribution in [-0.4, -0.2) is 11.1 Å². The highest BCUT2D eigenvalue weighted by molar-refractivity contribution is 5.77. The Morgan fingerprint density at radius 3 is 2.17 bits per heavy atom. The molecule has 1 aliphatic rings. The van der Waals surface area contributed by atoms with E-state index in [1.165, 1.54) is 23.8 Å². The number of halogens is 3. The molecule has 1 N–H and O–H groups in total. The Labute approximate surface area is 169 Å². The van der Waals surface area contributed by atoms with Crippen molar-refractivity contribution < 1.29 is 23.1 Å². The molecule has 3 rings (SSSR count).